The van der Waals surface area contributed by atoms with E-state index in [-0.39, 0.29) is 18.7 Å². The Hall–Kier alpha value is -1.63. The summed E-state index contributed by atoms with van der Waals surface area (Å²) in [6.07, 6.45) is 0.332. The minimum absolute atomic E-state index is 0.0788. The van der Waals surface area contributed by atoms with Crippen LogP contribution < -0.4 is 0 Å². The van der Waals surface area contributed by atoms with Gasteiger partial charge in [0.25, 0.3) is 0 Å². The van der Waals surface area contributed by atoms with Crippen molar-refractivity contribution in [1.29, 1.82) is 0 Å². The maximum Gasteiger partial charge on any atom is 0.327 e. The molecule has 0 bridgehead atoms. The summed E-state index contributed by atoms with van der Waals surface area (Å²) in [6, 6.07) is 2.69. The van der Waals surface area contributed by atoms with Crippen molar-refractivity contribution in [2.45, 2.75) is 18.9 Å². The summed E-state index contributed by atoms with van der Waals surface area (Å²) in [5.74, 6) is -2.44. The van der Waals surface area contributed by atoms with E-state index < -0.39 is 23.6 Å². The molecule has 1 aromatic carbocycles. The SMILES string of the molecule is O=C(O)C1CSCN1C(=O)CCc1ccc(F)c(F)c1. The predicted octanol–water partition coefficient (Wildman–Crippen LogP) is 1.88. The lowest BCUT2D eigenvalue weighted by Crippen LogP contribution is -2.41. The largest absolute Gasteiger partial charge is 0.480 e. The Morgan fingerprint density at radius 2 is 2.10 bits per heavy atom. The molecule has 108 valence electrons. The minimum Gasteiger partial charge on any atom is -0.480 e. The number of halogens is 2. The first kappa shape index (κ1) is 14.8. The van der Waals surface area contributed by atoms with Crippen LogP contribution >= 0.6 is 11.8 Å². The number of rotatable bonds is 4. The van der Waals surface area contributed by atoms with Crippen LogP contribution in [0.25, 0.3) is 0 Å². The van der Waals surface area contributed by atoms with Crippen molar-refractivity contribution in [2.75, 3.05) is 11.6 Å². The highest BCUT2D eigenvalue weighted by atomic mass is 32.2. The van der Waals surface area contributed by atoms with Crippen LogP contribution in [0.1, 0.15) is 12.0 Å². The molecular formula is C13H13F2NO3S. The molecule has 1 saturated heterocycles. The fourth-order valence-electron chi connectivity index (χ4n) is 1.98. The van der Waals surface area contributed by atoms with Gasteiger partial charge in [-0.15, -0.1) is 11.8 Å². The molecule has 1 fully saturated rings. The van der Waals surface area contributed by atoms with Crippen molar-refractivity contribution in [1.82, 2.24) is 4.90 Å². The van der Waals surface area contributed by atoms with Crippen molar-refractivity contribution in [3.05, 3.63) is 35.4 Å². The Morgan fingerprint density at radius 1 is 1.35 bits per heavy atom. The number of carboxylic acids is 1. The first-order valence-electron chi connectivity index (χ1n) is 6.03. The van der Waals surface area contributed by atoms with Gasteiger partial charge in [0.1, 0.15) is 6.04 Å². The van der Waals surface area contributed by atoms with Crippen LogP contribution in [0, 0.1) is 11.6 Å². The van der Waals surface area contributed by atoms with Gasteiger partial charge in [-0.1, -0.05) is 6.07 Å². The smallest absolute Gasteiger partial charge is 0.327 e. The second kappa shape index (κ2) is 6.21. The highest BCUT2D eigenvalue weighted by Crippen LogP contribution is 2.22. The number of carboxylic acid groups (broad SMARTS) is 1. The fraction of sp³-hybridized carbons (Fsp3) is 0.385. The van der Waals surface area contributed by atoms with Crippen LogP contribution in [0.15, 0.2) is 18.2 Å². The quantitative estimate of drug-likeness (QED) is 0.922. The van der Waals surface area contributed by atoms with Crippen molar-refractivity contribution in [2.24, 2.45) is 0 Å². The molecule has 0 saturated carbocycles. The van der Waals surface area contributed by atoms with E-state index >= 15 is 0 Å². The average Bonchev–Trinajstić information content (AvgIpc) is 2.89. The lowest BCUT2D eigenvalue weighted by molar-refractivity contribution is -0.147. The molecule has 1 amide bonds. The van der Waals surface area contributed by atoms with E-state index in [2.05, 4.69) is 0 Å². The van der Waals surface area contributed by atoms with Gasteiger partial charge in [-0.25, -0.2) is 13.6 Å². The van der Waals surface area contributed by atoms with Gasteiger partial charge in [0.2, 0.25) is 5.91 Å². The highest BCUT2D eigenvalue weighted by Gasteiger charge is 2.34. The maximum absolute atomic E-state index is 13.0. The van der Waals surface area contributed by atoms with Crippen LogP contribution in [-0.4, -0.2) is 39.6 Å². The number of nitrogens with zero attached hydrogens (tertiary/aromatic N) is 1. The van der Waals surface area contributed by atoms with E-state index in [1.54, 1.807) is 0 Å². The molecule has 2 rings (SSSR count). The molecule has 0 spiro atoms. The Bertz CT molecular complexity index is 538. The molecule has 1 atom stereocenters. The Balaban J connectivity index is 1.94. The molecule has 1 aliphatic rings. The van der Waals surface area contributed by atoms with Gasteiger partial charge in [-0.2, -0.15) is 0 Å². The standard InChI is InChI=1S/C13H13F2NO3S/c14-9-3-1-8(5-10(9)15)2-4-12(17)16-7-20-6-11(16)13(18)19/h1,3,5,11H,2,4,6-7H2,(H,18,19). The fourth-order valence-corrected chi connectivity index (χ4v) is 3.15. The Kier molecular flexibility index (Phi) is 4.59. The van der Waals surface area contributed by atoms with E-state index in [0.29, 0.717) is 17.2 Å². The van der Waals surface area contributed by atoms with Gasteiger partial charge in [0, 0.05) is 12.2 Å². The molecule has 0 radical (unpaired) electrons. The summed E-state index contributed by atoms with van der Waals surface area (Å²) < 4.78 is 25.8. The number of hydrogen-bond donors (Lipinski definition) is 1. The first-order valence-corrected chi connectivity index (χ1v) is 7.18. The molecule has 1 heterocycles. The third kappa shape index (κ3) is 3.27. The van der Waals surface area contributed by atoms with Crippen molar-refractivity contribution >= 4 is 23.6 Å². The predicted molar refractivity (Wildman–Crippen MR) is 70.3 cm³/mol. The van der Waals surface area contributed by atoms with Gasteiger partial charge < -0.3 is 10.0 Å². The number of aryl methyl sites for hydroxylation is 1. The topological polar surface area (TPSA) is 57.6 Å². The van der Waals surface area contributed by atoms with Gasteiger partial charge >= 0.3 is 5.97 Å². The number of benzene rings is 1. The Morgan fingerprint density at radius 3 is 2.75 bits per heavy atom. The third-order valence-electron chi connectivity index (χ3n) is 3.10. The van der Waals surface area contributed by atoms with Crippen LogP contribution in [0.4, 0.5) is 8.78 Å². The van der Waals surface area contributed by atoms with E-state index in [0.717, 1.165) is 12.1 Å². The second-order valence-corrected chi connectivity index (χ2v) is 5.47. The molecule has 7 heteroatoms. The maximum atomic E-state index is 13.0. The molecule has 0 aromatic heterocycles. The van der Waals surface area contributed by atoms with Crippen LogP contribution in [0.3, 0.4) is 0 Å². The number of aliphatic carboxylic acids is 1. The van der Waals surface area contributed by atoms with Gasteiger partial charge in [0.15, 0.2) is 11.6 Å². The van der Waals surface area contributed by atoms with Crippen LogP contribution in [-0.2, 0) is 16.0 Å². The molecular weight excluding hydrogens is 288 g/mol. The molecule has 1 aliphatic heterocycles. The lowest BCUT2D eigenvalue weighted by Gasteiger charge is -2.20. The number of amides is 1. The van der Waals surface area contributed by atoms with Crippen LogP contribution in [0.5, 0.6) is 0 Å². The molecule has 1 N–H and O–H groups in total. The molecule has 20 heavy (non-hydrogen) atoms. The molecule has 0 aliphatic carbocycles. The van der Waals surface area contributed by atoms with Crippen molar-refractivity contribution in [3.63, 3.8) is 0 Å². The van der Waals surface area contributed by atoms with Gasteiger partial charge in [-0.05, 0) is 24.1 Å². The highest BCUT2D eigenvalue weighted by molar-refractivity contribution is 7.99. The van der Waals surface area contributed by atoms with E-state index in [1.165, 1.54) is 22.7 Å². The lowest BCUT2D eigenvalue weighted by atomic mass is 10.1. The average molecular weight is 301 g/mol. The van der Waals surface area contributed by atoms with E-state index in [1.807, 2.05) is 0 Å². The molecule has 1 aromatic rings. The summed E-state index contributed by atoms with van der Waals surface area (Å²) >= 11 is 1.39. The normalized spacial score (nSPS) is 18.3. The summed E-state index contributed by atoms with van der Waals surface area (Å²) in [5, 5.41) is 8.99. The zero-order valence-electron chi connectivity index (χ0n) is 10.5. The Labute approximate surface area is 118 Å². The number of hydrogen-bond acceptors (Lipinski definition) is 3. The van der Waals surface area contributed by atoms with Gasteiger partial charge in [0.05, 0.1) is 5.88 Å². The van der Waals surface area contributed by atoms with E-state index in [9.17, 15) is 18.4 Å². The zero-order valence-corrected chi connectivity index (χ0v) is 11.3. The van der Waals surface area contributed by atoms with Gasteiger partial charge in [-0.3, -0.25) is 4.79 Å². The summed E-state index contributed by atoms with van der Waals surface area (Å²) in [7, 11) is 0. The number of carbonyl (C=O) groups excluding carboxylic acids is 1. The number of thioether (sulfide) groups is 1. The molecule has 1 unspecified atom stereocenters. The monoisotopic (exact) mass is 301 g/mol. The van der Waals surface area contributed by atoms with Crippen molar-refractivity contribution in [3.8, 4) is 0 Å². The summed E-state index contributed by atoms with van der Waals surface area (Å²) in [4.78, 5) is 24.3. The summed E-state index contributed by atoms with van der Waals surface area (Å²) in [5.41, 5.74) is 0.510. The second-order valence-electron chi connectivity index (χ2n) is 4.47. The first-order chi connectivity index (χ1) is 9.49. The van der Waals surface area contributed by atoms with E-state index in [4.69, 9.17) is 5.11 Å². The summed E-state index contributed by atoms with van der Waals surface area (Å²) in [6.45, 7) is 0. The third-order valence-corrected chi connectivity index (χ3v) is 4.11. The molecule has 4 nitrogen and oxygen atoms in total. The van der Waals surface area contributed by atoms with Crippen molar-refractivity contribution < 1.29 is 23.5 Å². The van der Waals surface area contributed by atoms with Crippen LogP contribution in [0.2, 0.25) is 0 Å². The number of carbonyl (C=O) groups is 2. The zero-order chi connectivity index (χ0) is 14.7. The minimum atomic E-state index is -1.02.